The number of hydrogen-bond acceptors (Lipinski definition) is 4. The number of nitrogens with one attached hydrogen (secondary N) is 1. The van der Waals surface area contributed by atoms with E-state index in [9.17, 15) is 4.79 Å². The topological polar surface area (TPSA) is 67.2 Å². The molecule has 2 heterocycles. The van der Waals surface area contributed by atoms with Crippen molar-refractivity contribution in [3.63, 3.8) is 0 Å². The molecule has 3 rings (SSSR count). The smallest absolute Gasteiger partial charge is 0.303 e. The predicted octanol–water partition coefficient (Wildman–Crippen LogP) is 3.61. The maximum atomic E-state index is 10.6. The van der Waals surface area contributed by atoms with Crippen LogP contribution in [-0.2, 0) is 17.9 Å². The number of rotatable bonds is 9. The van der Waals surface area contributed by atoms with Crippen LogP contribution < -0.4 is 5.32 Å². The second-order valence-electron chi connectivity index (χ2n) is 5.84. The molecule has 0 spiro atoms. The van der Waals surface area contributed by atoms with Gasteiger partial charge in [-0.3, -0.25) is 9.48 Å². The highest BCUT2D eigenvalue weighted by molar-refractivity contribution is 7.13. The van der Waals surface area contributed by atoms with E-state index in [-0.39, 0.29) is 6.42 Å². The molecule has 2 aromatic heterocycles. The Kier molecular flexibility index (Phi) is 5.98. The summed E-state index contributed by atoms with van der Waals surface area (Å²) in [6.07, 6.45) is 2.89. The van der Waals surface area contributed by atoms with Gasteiger partial charge in [0.25, 0.3) is 0 Å². The van der Waals surface area contributed by atoms with Gasteiger partial charge in [-0.1, -0.05) is 36.4 Å². The van der Waals surface area contributed by atoms with Crippen molar-refractivity contribution in [2.75, 3.05) is 6.54 Å². The molecule has 6 heteroatoms. The summed E-state index contributed by atoms with van der Waals surface area (Å²) in [5, 5.41) is 18.8. The molecule has 0 aliphatic carbocycles. The van der Waals surface area contributed by atoms with Gasteiger partial charge in [0, 0.05) is 24.7 Å². The summed E-state index contributed by atoms with van der Waals surface area (Å²) in [6.45, 7) is 2.10. The number of aliphatic carboxylic acids is 1. The second-order valence-corrected chi connectivity index (χ2v) is 6.79. The van der Waals surface area contributed by atoms with Gasteiger partial charge in [0.2, 0.25) is 0 Å². The highest BCUT2D eigenvalue weighted by Gasteiger charge is 2.12. The molecule has 0 aliphatic heterocycles. The summed E-state index contributed by atoms with van der Waals surface area (Å²) >= 11 is 1.68. The van der Waals surface area contributed by atoms with Gasteiger partial charge in [0.15, 0.2) is 0 Å². The average Bonchev–Trinajstić information content (AvgIpc) is 3.25. The molecule has 0 unspecified atom stereocenters. The van der Waals surface area contributed by atoms with Gasteiger partial charge in [-0.2, -0.15) is 5.10 Å². The summed E-state index contributed by atoms with van der Waals surface area (Å²) in [6, 6.07) is 14.4. The van der Waals surface area contributed by atoms with Gasteiger partial charge in [-0.25, -0.2) is 0 Å². The highest BCUT2D eigenvalue weighted by atomic mass is 32.1. The van der Waals surface area contributed by atoms with Crippen molar-refractivity contribution in [3.05, 3.63) is 65.2 Å². The van der Waals surface area contributed by atoms with E-state index in [2.05, 4.69) is 35.1 Å². The van der Waals surface area contributed by atoms with E-state index in [0.717, 1.165) is 22.7 Å². The van der Waals surface area contributed by atoms with Crippen molar-refractivity contribution in [1.82, 2.24) is 15.1 Å². The maximum Gasteiger partial charge on any atom is 0.303 e. The quantitative estimate of drug-likeness (QED) is 0.575. The van der Waals surface area contributed by atoms with Crippen LogP contribution in [0.3, 0.4) is 0 Å². The van der Waals surface area contributed by atoms with Crippen molar-refractivity contribution >= 4 is 17.3 Å². The van der Waals surface area contributed by atoms with Gasteiger partial charge in [-0.15, -0.1) is 11.3 Å². The first-order valence-corrected chi connectivity index (χ1v) is 9.17. The summed E-state index contributed by atoms with van der Waals surface area (Å²) in [4.78, 5) is 11.7. The molecule has 0 aliphatic rings. The van der Waals surface area contributed by atoms with Crippen LogP contribution in [0.1, 0.15) is 24.0 Å². The van der Waals surface area contributed by atoms with Gasteiger partial charge in [0.1, 0.15) is 5.69 Å². The van der Waals surface area contributed by atoms with Crippen LogP contribution in [0, 0.1) is 0 Å². The lowest BCUT2D eigenvalue weighted by atomic mass is 10.2. The number of hydrogen-bond donors (Lipinski definition) is 2. The Hall–Kier alpha value is -2.44. The largest absolute Gasteiger partial charge is 0.481 e. The molecule has 0 fully saturated rings. The Bertz CT molecular complexity index is 797. The average molecular weight is 355 g/mol. The zero-order valence-electron chi connectivity index (χ0n) is 13.9. The van der Waals surface area contributed by atoms with Crippen molar-refractivity contribution in [3.8, 4) is 10.6 Å². The van der Waals surface area contributed by atoms with Crippen LogP contribution in [0.4, 0.5) is 0 Å². The lowest BCUT2D eigenvalue weighted by molar-refractivity contribution is -0.137. The lowest BCUT2D eigenvalue weighted by Crippen LogP contribution is -2.15. The third-order valence-corrected chi connectivity index (χ3v) is 4.72. The number of carboxylic acid groups (broad SMARTS) is 1. The Balaban J connectivity index is 1.70. The molecule has 0 amide bonds. The normalized spacial score (nSPS) is 10.9. The Morgan fingerprint density at radius 3 is 2.76 bits per heavy atom. The van der Waals surface area contributed by atoms with E-state index in [1.54, 1.807) is 11.3 Å². The van der Waals surface area contributed by atoms with Crippen LogP contribution in [0.25, 0.3) is 10.6 Å². The number of nitrogens with zero attached hydrogens (tertiary/aromatic N) is 2. The number of thiophene rings is 1. The minimum absolute atomic E-state index is 0.193. The Labute approximate surface area is 150 Å². The fourth-order valence-electron chi connectivity index (χ4n) is 2.65. The molecule has 5 nitrogen and oxygen atoms in total. The summed E-state index contributed by atoms with van der Waals surface area (Å²) in [5.74, 6) is -0.753. The predicted molar refractivity (Wildman–Crippen MR) is 99.7 cm³/mol. The fourth-order valence-corrected chi connectivity index (χ4v) is 3.40. The second kappa shape index (κ2) is 8.60. The minimum Gasteiger partial charge on any atom is -0.481 e. The number of benzene rings is 1. The van der Waals surface area contributed by atoms with E-state index in [1.165, 1.54) is 5.56 Å². The van der Waals surface area contributed by atoms with E-state index in [4.69, 9.17) is 10.2 Å². The van der Waals surface area contributed by atoms with E-state index >= 15 is 0 Å². The standard InChI is InChI=1S/C19H21N3O2S/c23-18(24)9-4-10-20-12-16-14-22(13-15-6-2-1-3-7-15)21-19(16)17-8-5-11-25-17/h1-3,5-8,11,14,20H,4,9-10,12-13H2,(H,23,24). The SMILES string of the molecule is O=C(O)CCCNCc1cn(Cc2ccccc2)nc1-c1cccs1. The molecular formula is C19H21N3O2S. The van der Waals surface area contributed by atoms with E-state index < -0.39 is 5.97 Å². The third-order valence-electron chi connectivity index (χ3n) is 3.84. The zero-order valence-corrected chi connectivity index (χ0v) is 14.7. The fraction of sp³-hybridized carbons (Fsp3) is 0.263. The molecule has 25 heavy (non-hydrogen) atoms. The number of carbonyl (C=O) groups is 1. The molecule has 130 valence electrons. The molecule has 0 saturated heterocycles. The molecule has 0 atom stereocenters. The van der Waals surface area contributed by atoms with Crippen LogP contribution in [0.2, 0.25) is 0 Å². The van der Waals surface area contributed by atoms with Crippen molar-refractivity contribution < 1.29 is 9.90 Å². The molecular weight excluding hydrogens is 334 g/mol. The monoisotopic (exact) mass is 355 g/mol. The van der Waals surface area contributed by atoms with Gasteiger partial charge < -0.3 is 10.4 Å². The molecule has 1 aromatic carbocycles. The molecule has 3 aromatic rings. The van der Waals surface area contributed by atoms with Crippen LogP contribution >= 0.6 is 11.3 Å². The van der Waals surface area contributed by atoms with Crippen molar-refractivity contribution in [2.45, 2.75) is 25.9 Å². The van der Waals surface area contributed by atoms with Crippen molar-refractivity contribution in [2.24, 2.45) is 0 Å². The number of aromatic nitrogens is 2. The molecule has 2 N–H and O–H groups in total. The van der Waals surface area contributed by atoms with Crippen molar-refractivity contribution in [1.29, 1.82) is 0 Å². The van der Waals surface area contributed by atoms with E-state index in [1.807, 2.05) is 28.9 Å². The Morgan fingerprint density at radius 1 is 1.20 bits per heavy atom. The summed E-state index contributed by atoms with van der Waals surface area (Å²) in [5.41, 5.74) is 3.34. The van der Waals surface area contributed by atoms with Crippen LogP contribution in [0.5, 0.6) is 0 Å². The summed E-state index contributed by atoms with van der Waals surface area (Å²) in [7, 11) is 0. The molecule has 0 radical (unpaired) electrons. The molecule has 0 bridgehead atoms. The lowest BCUT2D eigenvalue weighted by Gasteiger charge is -2.03. The first-order chi connectivity index (χ1) is 12.2. The van der Waals surface area contributed by atoms with Gasteiger partial charge >= 0.3 is 5.97 Å². The van der Waals surface area contributed by atoms with Crippen LogP contribution in [-0.4, -0.2) is 27.4 Å². The Morgan fingerprint density at radius 2 is 2.04 bits per heavy atom. The first-order valence-electron chi connectivity index (χ1n) is 8.29. The zero-order chi connectivity index (χ0) is 17.5. The molecule has 0 saturated carbocycles. The number of carboxylic acids is 1. The van der Waals surface area contributed by atoms with Gasteiger partial charge in [0.05, 0.1) is 11.4 Å². The van der Waals surface area contributed by atoms with E-state index in [0.29, 0.717) is 19.5 Å². The van der Waals surface area contributed by atoms with Gasteiger partial charge in [-0.05, 0) is 30.0 Å². The summed E-state index contributed by atoms with van der Waals surface area (Å²) < 4.78 is 1.97. The van der Waals surface area contributed by atoms with Crippen LogP contribution in [0.15, 0.2) is 54.0 Å². The minimum atomic E-state index is -0.753. The maximum absolute atomic E-state index is 10.6. The highest BCUT2D eigenvalue weighted by Crippen LogP contribution is 2.27. The third kappa shape index (κ3) is 5.01. The first kappa shape index (κ1) is 17.4.